The number of carbonyl (C=O) groups is 1. The molecule has 0 aliphatic heterocycles. The number of hydrogen-bond acceptors (Lipinski definition) is 4. The van der Waals surface area contributed by atoms with Crippen LogP contribution < -0.4 is 4.72 Å². The fourth-order valence-corrected chi connectivity index (χ4v) is 3.56. The van der Waals surface area contributed by atoms with Gasteiger partial charge in [0.15, 0.2) is 0 Å². The number of benzene rings is 1. The van der Waals surface area contributed by atoms with Crippen molar-refractivity contribution in [2.75, 3.05) is 0 Å². The normalized spacial score (nSPS) is 13.1. The van der Waals surface area contributed by atoms with Gasteiger partial charge in [-0.05, 0) is 38.0 Å². The Labute approximate surface area is 124 Å². The first kappa shape index (κ1) is 17.5. The Morgan fingerprint density at radius 1 is 1.38 bits per heavy atom. The molecule has 0 aliphatic carbocycles. The second kappa shape index (κ2) is 6.91. The van der Waals surface area contributed by atoms with Gasteiger partial charge in [0.05, 0.1) is 4.90 Å². The van der Waals surface area contributed by atoms with Gasteiger partial charge in [0.25, 0.3) is 0 Å². The minimum atomic E-state index is -3.82. The lowest BCUT2D eigenvalue weighted by Gasteiger charge is -2.16. The number of nitrogens with one attached hydrogen (secondary N) is 1. The van der Waals surface area contributed by atoms with Crippen molar-refractivity contribution in [2.45, 2.75) is 51.0 Å². The standard InChI is InChI=1S/C14H21NO5S/c1-4-5-6-10(3)15-21(19,20)13-8-11(14(17)18)12(16)7-9(13)2/h7-8,10,15-16H,4-6H2,1-3H3,(H,17,18). The van der Waals surface area contributed by atoms with Crippen molar-refractivity contribution >= 4 is 16.0 Å². The molecular weight excluding hydrogens is 294 g/mol. The van der Waals surface area contributed by atoms with Crippen LogP contribution in [0.4, 0.5) is 0 Å². The second-order valence-corrected chi connectivity index (χ2v) is 6.79. The zero-order chi connectivity index (χ0) is 16.2. The van der Waals surface area contributed by atoms with E-state index in [0.717, 1.165) is 25.0 Å². The third-order valence-electron chi connectivity index (χ3n) is 3.16. The highest BCUT2D eigenvalue weighted by molar-refractivity contribution is 7.89. The van der Waals surface area contributed by atoms with E-state index in [1.807, 2.05) is 6.92 Å². The van der Waals surface area contributed by atoms with Crippen LogP contribution in [0.2, 0.25) is 0 Å². The number of rotatable bonds is 7. The van der Waals surface area contributed by atoms with E-state index in [2.05, 4.69) is 4.72 Å². The number of phenols is 1. The summed E-state index contributed by atoms with van der Waals surface area (Å²) in [6, 6.07) is 1.90. The molecule has 0 heterocycles. The summed E-state index contributed by atoms with van der Waals surface area (Å²) < 4.78 is 27.2. The summed E-state index contributed by atoms with van der Waals surface area (Å²) in [6.45, 7) is 5.29. The Morgan fingerprint density at radius 2 is 2.00 bits per heavy atom. The largest absolute Gasteiger partial charge is 0.507 e. The summed E-state index contributed by atoms with van der Waals surface area (Å²) in [7, 11) is -3.82. The number of carboxylic acids is 1. The Bertz CT molecular complexity index is 624. The van der Waals surface area contributed by atoms with Crippen molar-refractivity contribution in [2.24, 2.45) is 0 Å². The molecule has 0 aliphatic rings. The lowest BCUT2D eigenvalue weighted by molar-refractivity contribution is 0.0693. The molecule has 0 saturated carbocycles. The number of sulfonamides is 1. The molecule has 0 amide bonds. The van der Waals surface area contributed by atoms with E-state index in [4.69, 9.17) is 5.11 Å². The highest BCUT2D eigenvalue weighted by atomic mass is 32.2. The van der Waals surface area contributed by atoms with E-state index in [9.17, 15) is 18.3 Å². The van der Waals surface area contributed by atoms with Crippen LogP contribution in [-0.2, 0) is 10.0 Å². The predicted octanol–water partition coefficient (Wildman–Crippen LogP) is 2.26. The number of aromatic hydroxyl groups is 1. The van der Waals surface area contributed by atoms with Gasteiger partial charge in [-0.1, -0.05) is 19.8 Å². The van der Waals surface area contributed by atoms with Crippen LogP contribution in [0.5, 0.6) is 5.75 Å². The van der Waals surface area contributed by atoms with Crippen LogP contribution >= 0.6 is 0 Å². The molecule has 21 heavy (non-hydrogen) atoms. The van der Waals surface area contributed by atoms with Crippen molar-refractivity contribution in [3.63, 3.8) is 0 Å². The van der Waals surface area contributed by atoms with Gasteiger partial charge in [0.2, 0.25) is 10.0 Å². The number of aryl methyl sites for hydroxylation is 1. The summed E-state index contributed by atoms with van der Waals surface area (Å²) in [6.07, 6.45) is 2.57. The average molecular weight is 315 g/mol. The molecular formula is C14H21NO5S. The molecule has 1 rings (SSSR count). The number of unbranched alkanes of at least 4 members (excludes halogenated alkanes) is 1. The van der Waals surface area contributed by atoms with E-state index >= 15 is 0 Å². The molecule has 118 valence electrons. The maximum atomic E-state index is 12.3. The van der Waals surface area contributed by atoms with Gasteiger partial charge in [0, 0.05) is 6.04 Å². The lowest BCUT2D eigenvalue weighted by atomic mass is 10.1. The van der Waals surface area contributed by atoms with Crippen molar-refractivity contribution < 1.29 is 23.4 Å². The summed E-state index contributed by atoms with van der Waals surface area (Å²) >= 11 is 0. The quantitative estimate of drug-likeness (QED) is 0.716. The van der Waals surface area contributed by atoms with Crippen molar-refractivity contribution in [3.8, 4) is 5.75 Å². The van der Waals surface area contributed by atoms with Crippen LogP contribution in [0, 0.1) is 6.92 Å². The van der Waals surface area contributed by atoms with E-state index in [1.54, 1.807) is 6.92 Å². The average Bonchev–Trinajstić information content (AvgIpc) is 2.34. The maximum Gasteiger partial charge on any atom is 0.339 e. The van der Waals surface area contributed by atoms with Crippen molar-refractivity contribution in [3.05, 3.63) is 23.3 Å². The van der Waals surface area contributed by atoms with Crippen LogP contribution in [0.1, 0.15) is 49.0 Å². The molecule has 3 N–H and O–H groups in total. The third kappa shape index (κ3) is 4.44. The molecule has 0 radical (unpaired) electrons. The molecule has 1 aromatic rings. The van der Waals surface area contributed by atoms with Crippen LogP contribution in [0.15, 0.2) is 17.0 Å². The molecule has 0 aromatic heterocycles. The number of hydrogen-bond donors (Lipinski definition) is 3. The maximum absolute atomic E-state index is 12.3. The first-order valence-corrected chi connectivity index (χ1v) is 8.26. The van der Waals surface area contributed by atoms with Crippen LogP contribution in [-0.4, -0.2) is 30.6 Å². The van der Waals surface area contributed by atoms with Gasteiger partial charge in [-0.15, -0.1) is 0 Å². The topological polar surface area (TPSA) is 104 Å². The van der Waals surface area contributed by atoms with Crippen LogP contribution in [0.25, 0.3) is 0 Å². The Morgan fingerprint density at radius 3 is 2.52 bits per heavy atom. The minimum absolute atomic E-state index is 0.124. The predicted molar refractivity (Wildman–Crippen MR) is 79.1 cm³/mol. The SMILES string of the molecule is CCCCC(C)NS(=O)(=O)c1cc(C(=O)O)c(O)cc1C. The van der Waals surface area contributed by atoms with Crippen molar-refractivity contribution in [1.29, 1.82) is 0 Å². The molecule has 0 saturated heterocycles. The zero-order valence-corrected chi connectivity index (χ0v) is 13.2. The van der Waals surface area contributed by atoms with E-state index in [-0.39, 0.29) is 10.9 Å². The van der Waals surface area contributed by atoms with Gasteiger partial charge < -0.3 is 10.2 Å². The molecule has 6 nitrogen and oxygen atoms in total. The number of aromatic carboxylic acids is 1. The number of carboxylic acid groups (broad SMARTS) is 1. The third-order valence-corrected chi connectivity index (χ3v) is 4.89. The fraction of sp³-hybridized carbons (Fsp3) is 0.500. The van der Waals surface area contributed by atoms with E-state index < -0.39 is 27.3 Å². The summed E-state index contributed by atoms with van der Waals surface area (Å²) in [5, 5.41) is 18.5. The van der Waals surface area contributed by atoms with Gasteiger partial charge in [0.1, 0.15) is 11.3 Å². The second-order valence-electron chi connectivity index (χ2n) is 5.10. The molecule has 1 atom stereocenters. The first-order chi connectivity index (χ1) is 9.69. The smallest absolute Gasteiger partial charge is 0.339 e. The van der Waals surface area contributed by atoms with Crippen molar-refractivity contribution in [1.82, 2.24) is 4.72 Å². The monoisotopic (exact) mass is 315 g/mol. The molecule has 0 spiro atoms. The molecule has 0 fully saturated rings. The van der Waals surface area contributed by atoms with Gasteiger partial charge in [-0.25, -0.2) is 17.9 Å². The van der Waals surface area contributed by atoms with Gasteiger partial charge in [-0.2, -0.15) is 0 Å². The molecule has 1 aromatic carbocycles. The van der Waals surface area contributed by atoms with Gasteiger partial charge in [-0.3, -0.25) is 0 Å². The fourth-order valence-electron chi connectivity index (χ4n) is 2.03. The summed E-state index contributed by atoms with van der Waals surface area (Å²) in [5.41, 5.74) is -0.130. The zero-order valence-electron chi connectivity index (χ0n) is 12.4. The van der Waals surface area contributed by atoms with Crippen LogP contribution in [0.3, 0.4) is 0 Å². The first-order valence-electron chi connectivity index (χ1n) is 6.78. The molecule has 7 heteroatoms. The minimum Gasteiger partial charge on any atom is -0.507 e. The van der Waals surface area contributed by atoms with E-state index in [1.165, 1.54) is 6.92 Å². The highest BCUT2D eigenvalue weighted by Crippen LogP contribution is 2.25. The summed E-state index contributed by atoms with van der Waals surface area (Å²) in [5.74, 6) is -1.82. The Kier molecular flexibility index (Phi) is 5.74. The van der Waals surface area contributed by atoms with Gasteiger partial charge >= 0.3 is 5.97 Å². The Balaban J connectivity index is 3.13. The molecule has 1 unspecified atom stereocenters. The Hall–Kier alpha value is -1.60. The lowest BCUT2D eigenvalue weighted by Crippen LogP contribution is -2.33. The summed E-state index contributed by atoms with van der Waals surface area (Å²) in [4.78, 5) is 10.9. The molecule has 0 bridgehead atoms. The highest BCUT2D eigenvalue weighted by Gasteiger charge is 2.23. The van der Waals surface area contributed by atoms with E-state index in [0.29, 0.717) is 12.0 Å².